The van der Waals surface area contributed by atoms with Crippen LogP contribution in [0, 0.1) is 5.92 Å². The molecule has 6 nitrogen and oxygen atoms in total. The number of amides is 1. The van der Waals surface area contributed by atoms with Crippen LogP contribution < -0.4 is 0 Å². The molecule has 0 bridgehead atoms. The molecule has 0 aliphatic carbocycles. The molecule has 1 amide bonds. The van der Waals surface area contributed by atoms with E-state index in [4.69, 9.17) is 10.2 Å². The molecule has 1 saturated heterocycles. The molecule has 0 aromatic rings. The van der Waals surface area contributed by atoms with Crippen molar-refractivity contribution in [1.82, 2.24) is 4.90 Å². The summed E-state index contributed by atoms with van der Waals surface area (Å²) >= 11 is 0. The van der Waals surface area contributed by atoms with Gasteiger partial charge >= 0.3 is 11.9 Å². The van der Waals surface area contributed by atoms with Crippen LogP contribution in [0.4, 0.5) is 0 Å². The van der Waals surface area contributed by atoms with Gasteiger partial charge in [-0.05, 0) is 12.8 Å². The molecule has 1 atom stereocenters. The Morgan fingerprint density at radius 3 is 1.91 bits per heavy atom. The lowest BCUT2D eigenvalue weighted by Crippen LogP contribution is -2.27. The molecule has 0 saturated carbocycles. The van der Waals surface area contributed by atoms with Crippen molar-refractivity contribution in [2.75, 3.05) is 13.1 Å². The van der Waals surface area contributed by atoms with E-state index >= 15 is 0 Å². The average molecular weight is 327 g/mol. The van der Waals surface area contributed by atoms with Crippen molar-refractivity contribution in [2.24, 2.45) is 5.92 Å². The van der Waals surface area contributed by atoms with Gasteiger partial charge in [-0.1, -0.05) is 44.9 Å². The minimum Gasteiger partial charge on any atom is -0.481 e. The van der Waals surface area contributed by atoms with Gasteiger partial charge in [-0.3, -0.25) is 14.4 Å². The predicted octanol–water partition coefficient (Wildman–Crippen LogP) is 2.91. The molecule has 1 unspecified atom stereocenters. The Balaban J connectivity index is 1.89. The maximum absolute atomic E-state index is 11.6. The normalized spacial score (nSPS) is 17.7. The Kier molecular flexibility index (Phi) is 9.33. The van der Waals surface area contributed by atoms with Crippen LogP contribution in [0.1, 0.15) is 70.6 Å². The van der Waals surface area contributed by atoms with Crippen molar-refractivity contribution in [2.45, 2.75) is 70.6 Å². The van der Waals surface area contributed by atoms with Gasteiger partial charge in [-0.15, -0.1) is 0 Å². The number of carboxylic acids is 2. The fourth-order valence-corrected chi connectivity index (χ4v) is 2.97. The van der Waals surface area contributed by atoms with Crippen molar-refractivity contribution in [3.63, 3.8) is 0 Å². The summed E-state index contributed by atoms with van der Waals surface area (Å²) in [6.07, 6.45) is 9.95. The van der Waals surface area contributed by atoms with Crippen LogP contribution >= 0.6 is 0 Å². The number of aliphatic carboxylic acids is 2. The molecule has 23 heavy (non-hydrogen) atoms. The molecule has 0 aromatic heterocycles. The van der Waals surface area contributed by atoms with E-state index in [0.29, 0.717) is 13.1 Å². The lowest BCUT2D eigenvalue weighted by molar-refractivity contribution is -0.141. The van der Waals surface area contributed by atoms with E-state index in [0.717, 1.165) is 44.9 Å². The lowest BCUT2D eigenvalue weighted by Gasteiger charge is -2.15. The molecule has 0 radical (unpaired) electrons. The van der Waals surface area contributed by atoms with Crippen LogP contribution in [0.25, 0.3) is 0 Å². The second-order valence-electron chi connectivity index (χ2n) is 6.40. The zero-order valence-corrected chi connectivity index (χ0v) is 13.8. The van der Waals surface area contributed by atoms with Gasteiger partial charge in [0.2, 0.25) is 5.91 Å². The first-order chi connectivity index (χ1) is 11.0. The maximum Gasteiger partial charge on any atom is 0.308 e. The van der Waals surface area contributed by atoms with E-state index in [2.05, 4.69) is 0 Å². The van der Waals surface area contributed by atoms with Gasteiger partial charge in [-0.25, -0.2) is 0 Å². The summed E-state index contributed by atoms with van der Waals surface area (Å²) in [6.45, 7) is 1.04. The standard InChI is InChI=1S/C17H29NO5/c19-15-12-14(17(22)23)13-18(15)11-9-7-5-3-1-2-4-6-8-10-16(20)21/h14H,1-13H2,(H,20,21)(H,22,23). The van der Waals surface area contributed by atoms with Crippen LogP contribution in [-0.4, -0.2) is 46.0 Å². The highest BCUT2D eigenvalue weighted by Gasteiger charge is 2.33. The molecule has 0 aromatic carbocycles. The minimum atomic E-state index is -0.871. The lowest BCUT2D eigenvalue weighted by atomic mass is 10.1. The number of carboxylic acid groups (broad SMARTS) is 2. The van der Waals surface area contributed by atoms with E-state index in [1.54, 1.807) is 4.90 Å². The first kappa shape index (κ1) is 19.5. The number of carbonyl (C=O) groups excluding carboxylic acids is 1. The molecule has 132 valence electrons. The van der Waals surface area contributed by atoms with Crippen molar-refractivity contribution in [3.8, 4) is 0 Å². The molecular formula is C17H29NO5. The molecule has 6 heteroatoms. The number of carbonyl (C=O) groups is 3. The van der Waals surface area contributed by atoms with E-state index in [9.17, 15) is 14.4 Å². The van der Waals surface area contributed by atoms with E-state index in [1.807, 2.05) is 0 Å². The van der Waals surface area contributed by atoms with Crippen molar-refractivity contribution < 1.29 is 24.6 Å². The van der Waals surface area contributed by atoms with Crippen molar-refractivity contribution >= 4 is 17.8 Å². The molecule has 2 N–H and O–H groups in total. The maximum atomic E-state index is 11.6. The highest BCUT2D eigenvalue weighted by atomic mass is 16.4. The second-order valence-corrected chi connectivity index (χ2v) is 6.40. The number of hydrogen-bond acceptors (Lipinski definition) is 3. The predicted molar refractivity (Wildman–Crippen MR) is 86.1 cm³/mol. The van der Waals surface area contributed by atoms with Crippen molar-refractivity contribution in [1.29, 1.82) is 0 Å². The molecule has 1 aliphatic rings. The van der Waals surface area contributed by atoms with Crippen LogP contribution in [0.5, 0.6) is 0 Å². The van der Waals surface area contributed by atoms with E-state index < -0.39 is 17.9 Å². The average Bonchev–Trinajstić information content (AvgIpc) is 2.86. The van der Waals surface area contributed by atoms with Gasteiger partial charge in [0.05, 0.1) is 5.92 Å². The molecule has 0 spiro atoms. The number of hydrogen-bond donors (Lipinski definition) is 2. The Labute approximate surface area is 137 Å². The summed E-state index contributed by atoms with van der Waals surface area (Å²) in [5.74, 6) is -2.14. The second kappa shape index (κ2) is 11.0. The summed E-state index contributed by atoms with van der Waals surface area (Å²) in [6, 6.07) is 0. The Morgan fingerprint density at radius 2 is 1.43 bits per heavy atom. The summed E-state index contributed by atoms with van der Waals surface area (Å²) in [5, 5.41) is 17.4. The highest BCUT2D eigenvalue weighted by Crippen LogP contribution is 2.19. The summed E-state index contributed by atoms with van der Waals surface area (Å²) in [4.78, 5) is 34.5. The summed E-state index contributed by atoms with van der Waals surface area (Å²) in [5.41, 5.74) is 0. The van der Waals surface area contributed by atoms with Crippen LogP contribution in [-0.2, 0) is 14.4 Å². The van der Waals surface area contributed by atoms with Crippen LogP contribution in [0.2, 0.25) is 0 Å². The third-order valence-electron chi connectivity index (χ3n) is 4.38. The topological polar surface area (TPSA) is 94.9 Å². The fourth-order valence-electron chi connectivity index (χ4n) is 2.97. The molecular weight excluding hydrogens is 298 g/mol. The number of likely N-dealkylation sites (tertiary alicyclic amines) is 1. The van der Waals surface area contributed by atoms with E-state index in [1.165, 1.54) is 12.8 Å². The zero-order chi connectivity index (χ0) is 17.1. The molecule has 1 heterocycles. The Bertz CT molecular complexity index is 396. The van der Waals surface area contributed by atoms with Gasteiger partial charge < -0.3 is 15.1 Å². The largest absolute Gasteiger partial charge is 0.481 e. The monoisotopic (exact) mass is 327 g/mol. The van der Waals surface area contributed by atoms with Gasteiger partial charge in [-0.2, -0.15) is 0 Å². The molecule has 1 fully saturated rings. The van der Waals surface area contributed by atoms with Crippen LogP contribution in [0.3, 0.4) is 0 Å². The minimum absolute atomic E-state index is 0.0289. The summed E-state index contributed by atoms with van der Waals surface area (Å²) < 4.78 is 0. The first-order valence-electron chi connectivity index (χ1n) is 8.73. The smallest absolute Gasteiger partial charge is 0.308 e. The fraction of sp³-hybridized carbons (Fsp3) is 0.824. The first-order valence-corrected chi connectivity index (χ1v) is 8.73. The zero-order valence-electron chi connectivity index (χ0n) is 13.8. The van der Waals surface area contributed by atoms with Gasteiger partial charge in [0.25, 0.3) is 0 Å². The number of unbranched alkanes of at least 4 members (excludes halogenated alkanes) is 8. The van der Waals surface area contributed by atoms with Crippen molar-refractivity contribution in [3.05, 3.63) is 0 Å². The third kappa shape index (κ3) is 8.57. The van der Waals surface area contributed by atoms with Crippen LogP contribution in [0.15, 0.2) is 0 Å². The SMILES string of the molecule is O=C(O)CCCCCCCCCCCN1CC(C(=O)O)CC1=O. The van der Waals surface area contributed by atoms with Gasteiger partial charge in [0.1, 0.15) is 0 Å². The Hall–Kier alpha value is -1.59. The van der Waals surface area contributed by atoms with Gasteiger partial charge in [0, 0.05) is 25.9 Å². The number of nitrogens with zero attached hydrogens (tertiary/aromatic N) is 1. The molecule has 1 rings (SSSR count). The third-order valence-corrected chi connectivity index (χ3v) is 4.38. The molecule has 1 aliphatic heterocycles. The van der Waals surface area contributed by atoms with Gasteiger partial charge in [0.15, 0.2) is 0 Å². The van der Waals surface area contributed by atoms with E-state index in [-0.39, 0.29) is 18.7 Å². The number of rotatable bonds is 13. The quantitative estimate of drug-likeness (QED) is 0.507. The Morgan fingerprint density at radius 1 is 0.913 bits per heavy atom. The highest BCUT2D eigenvalue weighted by molar-refractivity contribution is 5.86. The summed E-state index contributed by atoms with van der Waals surface area (Å²) in [7, 11) is 0.